The van der Waals surface area contributed by atoms with Gasteiger partial charge in [-0.15, -0.1) is 11.3 Å². The van der Waals surface area contributed by atoms with Crippen LogP contribution in [0.15, 0.2) is 42.6 Å². The van der Waals surface area contributed by atoms with Crippen LogP contribution < -0.4 is 0 Å². The highest BCUT2D eigenvalue weighted by Gasteiger charge is 2.33. The van der Waals surface area contributed by atoms with Crippen molar-refractivity contribution in [1.29, 1.82) is 0 Å². The maximum atomic E-state index is 11.8. The first kappa shape index (κ1) is 13.3. The van der Waals surface area contributed by atoms with Gasteiger partial charge in [0.15, 0.2) is 0 Å². The molecule has 1 aliphatic heterocycles. The molecule has 1 aliphatic rings. The molecule has 1 unspecified atom stereocenters. The van der Waals surface area contributed by atoms with Crippen molar-refractivity contribution in [2.75, 3.05) is 7.05 Å². The first-order valence-electron chi connectivity index (χ1n) is 6.23. The van der Waals surface area contributed by atoms with Crippen LogP contribution in [0.2, 0.25) is 5.02 Å². The fourth-order valence-electron chi connectivity index (χ4n) is 2.34. The predicted molar refractivity (Wildman–Crippen MR) is 81.8 cm³/mol. The predicted octanol–water partition coefficient (Wildman–Crippen LogP) is 3.92. The van der Waals surface area contributed by atoms with E-state index in [1.165, 1.54) is 0 Å². The summed E-state index contributed by atoms with van der Waals surface area (Å²) in [5.74, 6) is 0.0164. The second-order valence-corrected chi connectivity index (χ2v) is 6.26. The summed E-state index contributed by atoms with van der Waals surface area (Å²) in [7, 11) is 1.81. The van der Waals surface area contributed by atoms with E-state index < -0.39 is 0 Å². The lowest BCUT2D eigenvalue weighted by molar-refractivity contribution is -0.124. The van der Waals surface area contributed by atoms with Gasteiger partial charge in [-0.1, -0.05) is 36.4 Å². The third-order valence-corrected chi connectivity index (χ3v) is 4.95. The van der Waals surface area contributed by atoms with Crippen molar-refractivity contribution in [3.05, 3.63) is 52.5 Å². The number of nitrogens with zero attached hydrogens (tertiary/aromatic N) is 2. The summed E-state index contributed by atoms with van der Waals surface area (Å²) in [6.07, 6.45) is 2.50. The summed E-state index contributed by atoms with van der Waals surface area (Å²) < 4.78 is 0. The molecule has 1 atom stereocenters. The number of aromatic nitrogens is 1. The largest absolute Gasteiger partial charge is 0.334 e. The first-order valence-corrected chi connectivity index (χ1v) is 7.43. The topological polar surface area (TPSA) is 33.2 Å². The molecular formula is C15H13ClN2OS. The van der Waals surface area contributed by atoms with Gasteiger partial charge in [0, 0.05) is 35.7 Å². The minimum atomic E-state index is 0.0164. The number of hydrogen-bond acceptors (Lipinski definition) is 3. The van der Waals surface area contributed by atoms with Crippen molar-refractivity contribution in [2.45, 2.75) is 12.5 Å². The maximum Gasteiger partial charge on any atom is 0.249 e. The van der Waals surface area contributed by atoms with Gasteiger partial charge in [-0.25, -0.2) is 4.98 Å². The average Bonchev–Trinajstić information content (AvgIpc) is 3.00. The second kappa shape index (κ2) is 5.04. The molecule has 0 bridgehead atoms. The molecule has 0 N–H and O–H groups in total. The van der Waals surface area contributed by atoms with E-state index in [0.717, 1.165) is 15.4 Å². The van der Waals surface area contributed by atoms with Crippen molar-refractivity contribution in [1.82, 2.24) is 9.88 Å². The molecule has 0 aliphatic carbocycles. The van der Waals surface area contributed by atoms with Crippen LogP contribution in [-0.2, 0) is 4.79 Å². The molecule has 1 aromatic carbocycles. The van der Waals surface area contributed by atoms with Gasteiger partial charge < -0.3 is 4.90 Å². The van der Waals surface area contributed by atoms with E-state index >= 15 is 0 Å². The minimum Gasteiger partial charge on any atom is -0.334 e. The minimum absolute atomic E-state index is 0.0164. The molecule has 1 aromatic heterocycles. The molecule has 20 heavy (non-hydrogen) atoms. The summed E-state index contributed by atoms with van der Waals surface area (Å²) >= 11 is 7.77. The maximum absolute atomic E-state index is 11.8. The summed E-state index contributed by atoms with van der Waals surface area (Å²) in [4.78, 5) is 19.0. The number of carbonyl (C=O) groups excluding carboxylic acids is 1. The number of amides is 1. The van der Waals surface area contributed by atoms with Gasteiger partial charge in [0.25, 0.3) is 0 Å². The van der Waals surface area contributed by atoms with Gasteiger partial charge in [-0.3, -0.25) is 4.79 Å². The molecule has 2 aromatic rings. The molecule has 102 valence electrons. The SMILES string of the molecule is C=C1CC(c2cnc(-c3ccccc3Cl)s2)N(C)C1=O. The van der Waals surface area contributed by atoms with Gasteiger partial charge in [-0.2, -0.15) is 0 Å². The fourth-order valence-corrected chi connectivity index (χ4v) is 3.72. The number of benzene rings is 1. The lowest BCUT2D eigenvalue weighted by atomic mass is 10.1. The Morgan fingerprint density at radius 2 is 2.20 bits per heavy atom. The van der Waals surface area contributed by atoms with Crippen LogP contribution in [0.1, 0.15) is 17.3 Å². The molecule has 3 nitrogen and oxygen atoms in total. The van der Waals surface area contributed by atoms with E-state index in [1.54, 1.807) is 23.3 Å². The van der Waals surface area contributed by atoms with E-state index in [0.29, 0.717) is 17.0 Å². The normalized spacial score (nSPS) is 18.9. The summed E-state index contributed by atoms with van der Waals surface area (Å²) in [6, 6.07) is 7.69. The number of likely N-dealkylation sites (N-methyl/N-ethyl adjacent to an activating group) is 1. The Bertz CT molecular complexity index is 695. The van der Waals surface area contributed by atoms with E-state index in [2.05, 4.69) is 11.6 Å². The van der Waals surface area contributed by atoms with Crippen LogP contribution in [0, 0.1) is 0 Å². The number of carbonyl (C=O) groups is 1. The molecule has 1 saturated heterocycles. The zero-order valence-corrected chi connectivity index (χ0v) is 12.5. The van der Waals surface area contributed by atoms with Gasteiger partial charge in [-0.05, 0) is 6.07 Å². The van der Waals surface area contributed by atoms with Crippen LogP contribution in [0.3, 0.4) is 0 Å². The first-order chi connectivity index (χ1) is 9.58. The standard InChI is InChI=1S/C15H13ClN2OS/c1-9-7-12(18(2)15(9)19)13-8-17-14(20-13)10-5-3-4-6-11(10)16/h3-6,8,12H,1,7H2,2H3. The van der Waals surface area contributed by atoms with Crippen LogP contribution in [-0.4, -0.2) is 22.8 Å². The molecule has 1 fully saturated rings. The molecule has 0 spiro atoms. The van der Waals surface area contributed by atoms with Gasteiger partial charge in [0.2, 0.25) is 5.91 Å². The summed E-state index contributed by atoms with van der Waals surface area (Å²) in [6.45, 7) is 3.81. The average molecular weight is 305 g/mol. The highest BCUT2D eigenvalue weighted by atomic mass is 35.5. The Balaban J connectivity index is 1.94. The van der Waals surface area contributed by atoms with Gasteiger partial charge >= 0.3 is 0 Å². The van der Waals surface area contributed by atoms with Crippen LogP contribution in [0.4, 0.5) is 0 Å². The monoisotopic (exact) mass is 304 g/mol. The summed E-state index contributed by atoms with van der Waals surface area (Å²) in [5, 5.41) is 1.57. The van der Waals surface area contributed by atoms with Crippen molar-refractivity contribution in [2.24, 2.45) is 0 Å². The van der Waals surface area contributed by atoms with Crippen molar-refractivity contribution in [3.8, 4) is 10.6 Å². The summed E-state index contributed by atoms with van der Waals surface area (Å²) in [5.41, 5.74) is 1.58. The van der Waals surface area contributed by atoms with Crippen LogP contribution in [0.5, 0.6) is 0 Å². The van der Waals surface area contributed by atoms with Crippen molar-refractivity contribution in [3.63, 3.8) is 0 Å². The highest BCUT2D eigenvalue weighted by Crippen LogP contribution is 2.39. The van der Waals surface area contributed by atoms with Crippen molar-refractivity contribution < 1.29 is 4.79 Å². The molecule has 3 rings (SSSR count). The highest BCUT2D eigenvalue weighted by molar-refractivity contribution is 7.15. The lowest BCUT2D eigenvalue weighted by Gasteiger charge is -2.16. The zero-order valence-electron chi connectivity index (χ0n) is 11.0. The van der Waals surface area contributed by atoms with Crippen molar-refractivity contribution >= 4 is 28.8 Å². The second-order valence-electron chi connectivity index (χ2n) is 4.79. The van der Waals surface area contributed by atoms with E-state index in [-0.39, 0.29) is 11.9 Å². The van der Waals surface area contributed by atoms with Crippen LogP contribution >= 0.6 is 22.9 Å². The van der Waals surface area contributed by atoms with E-state index in [9.17, 15) is 4.79 Å². The number of hydrogen-bond donors (Lipinski definition) is 0. The molecule has 2 heterocycles. The Morgan fingerprint density at radius 1 is 1.45 bits per heavy atom. The molecule has 0 saturated carbocycles. The zero-order chi connectivity index (χ0) is 14.3. The molecular weight excluding hydrogens is 292 g/mol. The number of thiazole rings is 1. The van der Waals surface area contributed by atoms with Crippen LogP contribution in [0.25, 0.3) is 10.6 Å². The number of halogens is 1. The Kier molecular flexibility index (Phi) is 3.36. The third kappa shape index (κ3) is 2.15. The number of rotatable bonds is 2. The van der Waals surface area contributed by atoms with E-state index in [1.807, 2.05) is 30.5 Å². The number of likely N-dealkylation sites (tertiary alicyclic amines) is 1. The quantitative estimate of drug-likeness (QED) is 0.788. The van der Waals surface area contributed by atoms with Gasteiger partial charge in [0.05, 0.1) is 11.1 Å². The van der Waals surface area contributed by atoms with E-state index in [4.69, 9.17) is 11.6 Å². The molecule has 1 amide bonds. The Hall–Kier alpha value is -1.65. The Morgan fingerprint density at radius 3 is 2.85 bits per heavy atom. The molecule has 0 radical (unpaired) electrons. The third-order valence-electron chi connectivity index (χ3n) is 3.49. The lowest BCUT2D eigenvalue weighted by Crippen LogP contribution is -2.22. The fraction of sp³-hybridized carbons (Fsp3) is 0.200. The Labute approximate surface area is 126 Å². The van der Waals surface area contributed by atoms with Gasteiger partial charge in [0.1, 0.15) is 5.01 Å². The smallest absolute Gasteiger partial charge is 0.249 e. The molecule has 5 heteroatoms.